The number of nitrogens with one attached hydrogen (secondary N) is 1. The van der Waals surface area contributed by atoms with Gasteiger partial charge in [-0.2, -0.15) is 0 Å². The van der Waals surface area contributed by atoms with Crippen LogP contribution in [0.5, 0.6) is 5.75 Å². The highest BCUT2D eigenvalue weighted by atomic mass is 32.2. The Bertz CT molecular complexity index is 1130. The molecule has 0 spiro atoms. The zero-order valence-corrected chi connectivity index (χ0v) is 17.5. The van der Waals surface area contributed by atoms with E-state index in [1.54, 1.807) is 7.11 Å². The second-order valence-electron chi connectivity index (χ2n) is 6.82. The van der Waals surface area contributed by atoms with Gasteiger partial charge in [0.25, 0.3) is 0 Å². The van der Waals surface area contributed by atoms with E-state index >= 15 is 0 Å². The predicted molar refractivity (Wildman–Crippen MR) is 114 cm³/mol. The zero-order valence-electron chi connectivity index (χ0n) is 15.8. The highest BCUT2D eigenvalue weighted by Crippen LogP contribution is 2.38. The molecule has 1 aromatic heterocycles. The lowest BCUT2D eigenvalue weighted by Gasteiger charge is -2.21. The Morgan fingerprint density at radius 3 is 2.79 bits per heavy atom. The summed E-state index contributed by atoms with van der Waals surface area (Å²) in [5.74, 6) is 0.756. The van der Waals surface area contributed by atoms with Crippen LogP contribution >= 0.6 is 11.3 Å². The number of anilines is 3. The normalized spacial score (nSPS) is 16.1. The summed E-state index contributed by atoms with van der Waals surface area (Å²) in [4.78, 5) is 4.68. The van der Waals surface area contributed by atoms with E-state index in [0.29, 0.717) is 6.42 Å². The first kappa shape index (κ1) is 18.8. The summed E-state index contributed by atoms with van der Waals surface area (Å²) >= 11 is 1.51. The molecule has 6 nitrogen and oxygen atoms in total. The Morgan fingerprint density at radius 2 is 2.04 bits per heavy atom. The summed E-state index contributed by atoms with van der Waals surface area (Å²) in [6.07, 6.45) is 1.95. The van der Waals surface area contributed by atoms with Crippen molar-refractivity contribution in [2.24, 2.45) is 0 Å². The summed E-state index contributed by atoms with van der Waals surface area (Å²) in [6, 6.07) is 13.5. The average Bonchev–Trinajstić information content (AvgIpc) is 3.24. The van der Waals surface area contributed by atoms with Crippen LogP contribution in [0, 0.1) is 0 Å². The number of ether oxygens (including phenoxy) is 1. The smallest absolute Gasteiger partial charge is 0.232 e. The minimum absolute atomic E-state index is 0.0709. The molecule has 1 atom stereocenters. The van der Waals surface area contributed by atoms with E-state index in [1.807, 2.05) is 54.8 Å². The molecule has 2 heterocycles. The summed E-state index contributed by atoms with van der Waals surface area (Å²) < 4.78 is 31.0. The average molecular weight is 416 g/mol. The number of benzene rings is 2. The second kappa shape index (κ2) is 7.10. The molecule has 3 aromatic rings. The van der Waals surface area contributed by atoms with Crippen LogP contribution in [-0.4, -0.2) is 32.8 Å². The number of hydrogen-bond donors (Lipinski definition) is 1. The van der Waals surface area contributed by atoms with E-state index in [1.165, 1.54) is 21.9 Å². The van der Waals surface area contributed by atoms with E-state index in [0.717, 1.165) is 39.1 Å². The maximum atomic E-state index is 12.1. The van der Waals surface area contributed by atoms with Crippen LogP contribution in [-0.2, 0) is 16.4 Å². The fourth-order valence-corrected chi connectivity index (χ4v) is 5.59. The van der Waals surface area contributed by atoms with Crippen LogP contribution in [0.3, 0.4) is 0 Å². The molecule has 0 fully saturated rings. The highest BCUT2D eigenvalue weighted by molar-refractivity contribution is 7.92. The first-order valence-corrected chi connectivity index (χ1v) is 11.6. The van der Waals surface area contributed by atoms with Crippen LogP contribution in [0.2, 0.25) is 0 Å². The van der Waals surface area contributed by atoms with Crippen molar-refractivity contribution >= 4 is 37.9 Å². The molecule has 1 aliphatic rings. The monoisotopic (exact) mass is 415 g/mol. The number of aromatic nitrogens is 1. The van der Waals surface area contributed by atoms with Crippen LogP contribution in [0.1, 0.15) is 12.5 Å². The Kier molecular flexibility index (Phi) is 4.76. The lowest BCUT2D eigenvalue weighted by molar-refractivity contribution is 0.417. The van der Waals surface area contributed by atoms with Crippen molar-refractivity contribution in [3.05, 3.63) is 53.4 Å². The lowest BCUT2D eigenvalue weighted by Crippen LogP contribution is -2.34. The van der Waals surface area contributed by atoms with Crippen molar-refractivity contribution in [1.29, 1.82) is 0 Å². The number of fused-ring (bicyclic) bond motifs is 1. The zero-order chi connectivity index (χ0) is 19.9. The van der Waals surface area contributed by atoms with Gasteiger partial charge in [-0.1, -0.05) is 18.2 Å². The van der Waals surface area contributed by atoms with Crippen molar-refractivity contribution in [3.8, 4) is 17.0 Å². The molecule has 1 aliphatic heterocycles. The predicted octanol–water partition coefficient (Wildman–Crippen LogP) is 4.27. The number of methoxy groups -OCH3 is 1. The van der Waals surface area contributed by atoms with Gasteiger partial charge in [0.05, 0.1) is 30.4 Å². The van der Waals surface area contributed by atoms with Crippen molar-refractivity contribution in [3.63, 3.8) is 0 Å². The van der Waals surface area contributed by atoms with Crippen molar-refractivity contribution in [1.82, 2.24) is 4.98 Å². The van der Waals surface area contributed by atoms with Crippen molar-refractivity contribution < 1.29 is 13.2 Å². The fraction of sp³-hybridized carbons (Fsp3) is 0.250. The van der Waals surface area contributed by atoms with Gasteiger partial charge in [0.2, 0.25) is 10.0 Å². The summed E-state index contributed by atoms with van der Waals surface area (Å²) in [5, 5.41) is 6.06. The maximum absolute atomic E-state index is 12.1. The van der Waals surface area contributed by atoms with Gasteiger partial charge in [-0.15, -0.1) is 11.3 Å². The Balaban J connectivity index is 1.61. The van der Waals surface area contributed by atoms with Gasteiger partial charge in [0, 0.05) is 17.0 Å². The quantitative estimate of drug-likeness (QED) is 0.674. The van der Waals surface area contributed by atoms with Gasteiger partial charge in [0.15, 0.2) is 5.13 Å². The van der Waals surface area contributed by atoms with E-state index in [-0.39, 0.29) is 6.04 Å². The van der Waals surface area contributed by atoms with Gasteiger partial charge >= 0.3 is 0 Å². The standard InChI is InChI=1S/C20H21N3O3S2/c1-13-10-15-11-14(8-9-18(15)23(13)28(3,24)25)17-12-27-20(22-17)21-16-6-4-5-7-19(16)26-2/h4-9,11-13H,10H2,1-3H3,(H,21,22). The molecule has 1 unspecified atom stereocenters. The molecule has 1 N–H and O–H groups in total. The molecule has 2 aromatic carbocycles. The number of para-hydroxylation sites is 2. The minimum atomic E-state index is -3.28. The fourth-order valence-electron chi connectivity index (χ4n) is 3.59. The molecule has 28 heavy (non-hydrogen) atoms. The molecule has 0 saturated heterocycles. The summed E-state index contributed by atoms with van der Waals surface area (Å²) in [7, 11) is -1.64. The first-order chi connectivity index (χ1) is 13.4. The molecular weight excluding hydrogens is 394 g/mol. The van der Waals surface area contributed by atoms with Gasteiger partial charge in [-0.25, -0.2) is 13.4 Å². The Hall–Kier alpha value is -2.58. The lowest BCUT2D eigenvalue weighted by atomic mass is 10.1. The van der Waals surface area contributed by atoms with E-state index < -0.39 is 10.0 Å². The SMILES string of the molecule is COc1ccccc1Nc1nc(-c2ccc3c(c2)CC(C)N3S(C)(=O)=O)cs1. The molecule has 0 aliphatic carbocycles. The topological polar surface area (TPSA) is 71.5 Å². The third-order valence-electron chi connectivity index (χ3n) is 4.74. The first-order valence-electron chi connectivity index (χ1n) is 8.85. The molecule has 0 radical (unpaired) electrons. The van der Waals surface area contributed by atoms with Crippen molar-refractivity contribution in [2.75, 3.05) is 23.0 Å². The van der Waals surface area contributed by atoms with Crippen LogP contribution in [0.15, 0.2) is 47.8 Å². The van der Waals surface area contributed by atoms with Gasteiger partial charge < -0.3 is 10.1 Å². The number of sulfonamides is 1. The third-order valence-corrected chi connectivity index (χ3v) is 6.77. The number of thiazole rings is 1. The molecule has 0 amide bonds. The largest absolute Gasteiger partial charge is 0.495 e. The summed E-state index contributed by atoms with van der Waals surface area (Å²) in [5.41, 5.74) is 4.49. The number of hydrogen-bond acceptors (Lipinski definition) is 6. The second-order valence-corrected chi connectivity index (χ2v) is 9.54. The Labute approximate surface area is 168 Å². The maximum Gasteiger partial charge on any atom is 0.232 e. The molecule has 8 heteroatoms. The van der Waals surface area contributed by atoms with Crippen LogP contribution in [0.4, 0.5) is 16.5 Å². The molecular formula is C20H21N3O3S2. The highest BCUT2D eigenvalue weighted by Gasteiger charge is 2.32. The van der Waals surface area contributed by atoms with Crippen LogP contribution in [0.25, 0.3) is 11.3 Å². The van der Waals surface area contributed by atoms with E-state index in [4.69, 9.17) is 4.74 Å². The van der Waals surface area contributed by atoms with E-state index in [2.05, 4.69) is 10.3 Å². The molecule has 146 valence electrons. The number of nitrogens with zero attached hydrogens (tertiary/aromatic N) is 2. The summed E-state index contributed by atoms with van der Waals surface area (Å²) in [6.45, 7) is 1.93. The minimum Gasteiger partial charge on any atom is -0.495 e. The van der Waals surface area contributed by atoms with Gasteiger partial charge in [0.1, 0.15) is 5.75 Å². The van der Waals surface area contributed by atoms with Crippen molar-refractivity contribution in [2.45, 2.75) is 19.4 Å². The third kappa shape index (κ3) is 3.45. The van der Waals surface area contributed by atoms with Crippen LogP contribution < -0.4 is 14.4 Å². The molecule has 0 bridgehead atoms. The molecule has 0 saturated carbocycles. The van der Waals surface area contributed by atoms with E-state index in [9.17, 15) is 8.42 Å². The number of rotatable bonds is 5. The molecule has 4 rings (SSSR count). The van der Waals surface area contributed by atoms with Gasteiger partial charge in [-0.05, 0) is 43.2 Å². The van der Waals surface area contributed by atoms with Gasteiger partial charge in [-0.3, -0.25) is 4.31 Å². The Morgan fingerprint density at radius 1 is 1.25 bits per heavy atom.